The Hall–Kier alpha value is -6.04. The lowest BCUT2D eigenvalue weighted by Gasteiger charge is -2.10. The third-order valence-corrected chi connectivity index (χ3v) is 9.32. The molecule has 2 N–H and O–H groups in total. The zero-order valence-corrected chi connectivity index (χ0v) is 31.6. The second kappa shape index (κ2) is 16.8. The van der Waals surface area contributed by atoms with Crippen molar-refractivity contribution in [3.8, 4) is 34.5 Å². The molecule has 6 aromatic heterocycles. The van der Waals surface area contributed by atoms with Crippen molar-refractivity contribution >= 4 is 34.9 Å². The Bertz CT molecular complexity index is 2160. The average Bonchev–Trinajstić information content (AvgIpc) is 3.98. The highest BCUT2D eigenvalue weighted by molar-refractivity contribution is 7.06. The zero-order valence-electron chi connectivity index (χ0n) is 30.0. The first-order valence-electron chi connectivity index (χ1n) is 15.9. The number of carbonyl (C=O) groups is 2. The monoisotopic (exact) mass is 824 g/mol. The molecule has 56 heavy (non-hydrogen) atoms. The maximum absolute atomic E-state index is 12.8. The third-order valence-electron chi connectivity index (χ3n) is 7.53. The molecule has 1 unspecified atom stereocenters. The van der Waals surface area contributed by atoms with E-state index in [1.165, 1.54) is 28.3 Å². The van der Waals surface area contributed by atoms with Crippen molar-refractivity contribution in [2.75, 3.05) is 14.2 Å². The fourth-order valence-electron chi connectivity index (χ4n) is 4.68. The molecule has 6 rings (SSSR count). The molecule has 2 amide bonds. The summed E-state index contributed by atoms with van der Waals surface area (Å²) in [5.41, 5.74) is -1.29. The molecular weight excluding hydrogens is 795 g/mol. The second-order valence-electron chi connectivity index (χ2n) is 11.5. The average molecular weight is 825 g/mol. The van der Waals surface area contributed by atoms with Crippen LogP contribution >= 0.6 is 23.1 Å². The van der Waals surface area contributed by atoms with Gasteiger partial charge in [-0.1, -0.05) is 0 Å². The lowest BCUT2D eigenvalue weighted by atomic mass is 10.2. The van der Waals surface area contributed by atoms with Crippen LogP contribution in [0.5, 0.6) is 11.8 Å². The lowest BCUT2D eigenvalue weighted by molar-refractivity contribution is -0.142. The molecule has 0 aromatic carbocycles. The van der Waals surface area contributed by atoms with Crippen molar-refractivity contribution in [3.63, 3.8) is 0 Å². The Morgan fingerprint density at radius 3 is 1.38 bits per heavy atom. The number of aryl methyl sites for hydroxylation is 2. The van der Waals surface area contributed by atoms with E-state index >= 15 is 0 Å². The quantitative estimate of drug-likeness (QED) is 0.161. The number of alkyl halides is 6. The van der Waals surface area contributed by atoms with Crippen molar-refractivity contribution in [3.05, 3.63) is 81.6 Å². The topological polar surface area (TPSA) is 190 Å². The summed E-state index contributed by atoms with van der Waals surface area (Å²) in [5, 5.41) is 12.9. The molecule has 0 bridgehead atoms. The Morgan fingerprint density at radius 2 is 1.05 bits per heavy atom. The summed E-state index contributed by atoms with van der Waals surface area (Å²) in [6.07, 6.45) is -6.13. The van der Waals surface area contributed by atoms with Crippen LogP contribution in [0.4, 0.5) is 26.3 Å². The van der Waals surface area contributed by atoms with Crippen LogP contribution in [0, 0.1) is 0 Å². The predicted molar refractivity (Wildman–Crippen MR) is 188 cm³/mol. The molecule has 6 aromatic rings. The number of carbonyl (C=O) groups excluding carboxylic acids is 2. The second-order valence-corrected chi connectivity index (χ2v) is 13.1. The minimum absolute atomic E-state index is 0.206. The van der Waals surface area contributed by atoms with Gasteiger partial charge < -0.3 is 20.1 Å². The van der Waals surface area contributed by atoms with Gasteiger partial charge in [0.25, 0.3) is 11.8 Å². The van der Waals surface area contributed by atoms with Crippen LogP contribution < -0.4 is 20.1 Å². The Labute approximate surface area is 321 Å². The van der Waals surface area contributed by atoms with Crippen LogP contribution in [0.3, 0.4) is 0 Å². The molecule has 6 heterocycles. The van der Waals surface area contributed by atoms with E-state index in [1.54, 1.807) is 50.5 Å². The van der Waals surface area contributed by atoms with E-state index in [-0.39, 0.29) is 11.4 Å². The third kappa shape index (κ3) is 9.79. The fourth-order valence-corrected chi connectivity index (χ4v) is 6.02. The number of pyridine rings is 2. The lowest BCUT2D eigenvalue weighted by Crippen LogP contribution is -2.28. The van der Waals surface area contributed by atoms with Gasteiger partial charge in [0.1, 0.15) is 21.4 Å². The highest BCUT2D eigenvalue weighted by Gasteiger charge is 2.36. The first-order chi connectivity index (χ1) is 26.4. The number of halogens is 6. The molecule has 0 radical (unpaired) electrons. The van der Waals surface area contributed by atoms with Crippen LogP contribution in [-0.2, 0) is 26.4 Å². The highest BCUT2D eigenvalue weighted by atomic mass is 32.1. The molecule has 0 aliphatic heterocycles. The number of hydrogen-bond donors (Lipinski definition) is 2. The minimum atomic E-state index is -4.62. The van der Waals surface area contributed by atoms with Gasteiger partial charge in [0, 0.05) is 61.9 Å². The van der Waals surface area contributed by atoms with E-state index in [0.717, 1.165) is 32.4 Å². The van der Waals surface area contributed by atoms with Crippen molar-refractivity contribution in [1.29, 1.82) is 0 Å². The van der Waals surface area contributed by atoms with Crippen molar-refractivity contribution in [2.45, 2.75) is 38.3 Å². The number of nitrogens with zero attached hydrogens (tertiary/aromatic N) is 10. The van der Waals surface area contributed by atoms with E-state index in [0.29, 0.717) is 56.7 Å². The molecule has 0 fully saturated rings. The first-order valence-corrected chi connectivity index (χ1v) is 17.4. The Balaban J connectivity index is 0.000000214. The molecule has 0 aliphatic carbocycles. The van der Waals surface area contributed by atoms with Gasteiger partial charge in [-0.2, -0.15) is 45.3 Å². The number of rotatable bonds is 10. The minimum Gasteiger partial charge on any atom is -0.481 e. The van der Waals surface area contributed by atoms with E-state index in [9.17, 15) is 35.9 Å². The number of aromatic nitrogens is 10. The highest BCUT2D eigenvalue weighted by Crippen LogP contribution is 2.30. The molecule has 16 nitrogen and oxygen atoms in total. The van der Waals surface area contributed by atoms with Crippen molar-refractivity contribution in [2.24, 2.45) is 14.1 Å². The summed E-state index contributed by atoms with van der Waals surface area (Å²) in [6.45, 7) is 3.33. The summed E-state index contributed by atoms with van der Waals surface area (Å²) >= 11 is 2.15. The number of nitrogens with one attached hydrogen (secondary N) is 2. The Kier molecular flexibility index (Phi) is 12.3. The summed E-state index contributed by atoms with van der Waals surface area (Å²) in [4.78, 5) is 41.4. The van der Waals surface area contributed by atoms with Crippen molar-refractivity contribution in [1.82, 2.24) is 58.9 Å². The van der Waals surface area contributed by atoms with Gasteiger partial charge >= 0.3 is 12.4 Å². The molecule has 0 spiro atoms. The van der Waals surface area contributed by atoms with Crippen LogP contribution in [0.2, 0.25) is 0 Å². The van der Waals surface area contributed by atoms with Crippen LogP contribution in [0.15, 0.2) is 48.8 Å². The van der Waals surface area contributed by atoms with Crippen molar-refractivity contribution < 1.29 is 45.4 Å². The maximum atomic E-state index is 12.8. The summed E-state index contributed by atoms with van der Waals surface area (Å²) in [5.74, 6) is 0.294. The zero-order chi connectivity index (χ0) is 40.9. The summed E-state index contributed by atoms with van der Waals surface area (Å²) in [6, 6.07) is 7.05. The first kappa shape index (κ1) is 41.1. The number of amides is 2. The van der Waals surface area contributed by atoms with Gasteiger partial charge in [0.15, 0.2) is 23.0 Å². The SMILES string of the molecule is COc1cc(-c2nsc(C(C)NC(=O)c3cc(C(F)(F)F)nn3C)n2)ccn1.COc1cc(-c2nsc([C@@H](C)NC(=O)c3cc(C(F)(F)F)nn3C)n2)ccn1. The van der Waals surface area contributed by atoms with Gasteiger partial charge in [-0.25, -0.2) is 19.9 Å². The van der Waals surface area contributed by atoms with E-state index in [2.05, 4.69) is 49.5 Å². The van der Waals surface area contributed by atoms with Gasteiger partial charge in [-0.3, -0.25) is 19.0 Å². The largest absolute Gasteiger partial charge is 0.481 e. The van der Waals surface area contributed by atoms with Gasteiger partial charge in [-0.05, 0) is 49.0 Å². The molecule has 24 heteroatoms. The normalized spacial score (nSPS) is 12.6. The molecular formula is C32H30F6N12O4S2. The molecule has 296 valence electrons. The van der Waals surface area contributed by atoms with Crippen LogP contribution in [-0.4, -0.2) is 74.3 Å². The van der Waals surface area contributed by atoms with Gasteiger partial charge in [0.2, 0.25) is 11.8 Å². The number of ether oxygens (including phenoxy) is 2. The standard InChI is InChI=1S/2C16H15F3N6O2S/c2*1-8(21-14(26)10-7-11(16(17,18)19)23-25(10)2)15-22-13(24-28-15)9-4-5-20-12(6-9)27-3/h2*4-8H,1-3H3,(H,21,26)/t8-;/m1./s1. The number of hydrogen-bond acceptors (Lipinski definition) is 14. The molecule has 2 atom stereocenters. The fraction of sp³-hybridized carbons (Fsp3) is 0.312. The predicted octanol–water partition coefficient (Wildman–Crippen LogP) is 5.70. The van der Waals surface area contributed by atoms with E-state index in [1.807, 2.05) is 0 Å². The smallest absolute Gasteiger partial charge is 0.435 e. The molecule has 0 saturated carbocycles. The van der Waals surface area contributed by atoms with Crippen LogP contribution in [0.1, 0.15) is 68.3 Å². The van der Waals surface area contributed by atoms with E-state index < -0.39 is 47.6 Å². The van der Waals surface area contributed by atoms with Gasteiger partial charge in [0.05, 0.1) is 26.3 Å². The molecule has 0 saturated heterocycles. The summed E-state index contributed by atoms with van der Waals surface area (Å²) in [7, 11) is 5.53. The van der Waals surface area contributed by atoms with Crippen LogP contribution in [0.25, 0.3) is 22.8 Å². The Morgan fingerprint density at radius 1 is 0.679 bits per heavy atom. The van der Waals surface area contributed by atoms with E-state index in [4.69, 9.17) is 9.47 Å². The van der Waals surface area contributed by atoms with Gasteiger partial charge in [-0.15, -0.1) is 0 Å². The maximum Gasteiger partial charge on any atom is 0.435 e. The summed E-state index contributed by atoms with van der Waals surface area (Å²) < 4.78 is 96.9. The molecule has 0 aliphatic rings. The number of methoxy groups -OCH3 is 2.